The van der Waals surface area contributed by atoms with Gasteiger partial charge in [0.2, 0.25) is 0 Å². The van der Waals surface area contributed by atoms with E-state index in [1.54, 1.807) is 17.7 Å². The van der Waals surface area contributed by atoms with Crippen LogP contribution in [0.4, 0.5) is 0 Å². The molecule has 7 heteroatoms. The van der Waals surface area contributed by atoms with Crippen molar-refractivity contribution >= 4 is 38.0 Å². The zero-order valence-corrected chi connectivity index (χ0v) is 33.8. The van der Waals surface area contributed by atoms with Crippen LogP contribution in [-0.4, -0.2) is 25.8 Å². The summed E-state index contributed by atoms with van der Waals surface area (Å²) in [5, 5.41) is 15.6. The van der Waals surface area contributed by atoms with Gasteiger partial charge in [-0.05, 0) is 60.4 Å². The van der Waals surface area contributed by atoms with Gasteiger partial charge in [-0.25, -0.2) is 4.98 Å². The number of aromatic nitrogens is 3. The molecule has 1 radical (unpaired) electrons. The number of nitrogens with zero attached hydrogens (tertiary/aromatic N) is 3. The van der Waals surface area contributed by atoms with Crippen molar-refractivity contribution in [3.05, 3.63) is 89.5 Å². The van der Waals surface area contributed by atoms with Crippen LogP contribution in [0.1, 0.15) is 99.1 Å². The molecule has 0 bridgehead atoms. The Balaban J connectivity index is 0.000000347. The fourth-order valence-electron chi connectivity index (χ4n) is 6.20. The molecule has 0 aliphatic heterocycles. The van der Waals surface area contributed by atoms with Gasteiger partial charge in [0.1, 0.15) is 6.33 Å². The van der Waals surface area contributed by atoms with Crippen molar-refractivity contribution in [2.75, 3.05) is 0 Å². The molecule has 0 aliphatic carbocycles. The zero-order valence-electron chi connectivity index (χ0n) is 30.6. The molecule has 0 fully saturated rings. The van der Waals surface area contributed by atoms with Crippen molar-refractivity contribution < 1.29 is 30.0 Å². The molecule has 49 heavy (non-hydrogen) atoms. The smallest absolute Gasteiger partial charge is 0.162 e. The Morgan fingerprint density at radius 3 is 2.20 bits per heavy atom. The molecule has 0 saturated carbocycles. The van der Waals surface area contributed by atoms with Crippen LogP contribution in [0.5, 0.6) is 0 Å². The number of pyridine rings is 1. The van der Waals surface area contributed by atoms with E-state index in [1.165, 1.54) is 32.7 Å². The monoisotopic (exact) mass is 855 g/mol. The molecule has 0 saturated heterocycles. The predicted octanol–water partition coefficient (Wildman–Crippen LogP) is 11.7. The van der Waals surface area contributed by atoms with E-state index in [0.29, 0.717) is 5.92 Å². The van der Waals surface area contributed by atoms with Gasteiger partial charge < -0.3 is 5.11 Å². The van der Waals surface area contributed by atoms with Crippen LogP contribution in [0.3, 0.4) is 0 Å². The average Bonchev–Trinajstić information content (AvgIpc) is 3.47. The summed E-state index contributed by atoms with van der Waals surface area (Å²) in [6, 6.07) is 16.4. The van der Waals surface area contributed by atoms with Crippen molar-refractivity contribution in [2.24, 2.45) is 17.8 Å². The standard InChI is InChI=1S/C29H28N3S.C13H24O2.Ir/c1-18(2)10-21-16-33-28-23(21)14-30-15-24(28)27-13-26(31-17-32-27)20-11-19-8-6-7-9-22(19)25(12-20)29(3,4)5;1-5-10(6-2)12(14)9-13(15)11(7-3)8-4;/h6-9,12-18H,10H2,1-5H3;9-11,14H,5-8H2,1-4H3;/q-1;;/b;12-9-;. The van der Waals surface area contributed by atoms with E-state index in [0.717, 1.165) is 60.0 Å². The Morgan fingerprint density at radius 1 is 0.918 bits per heavy atom. The van der Waals surface area contributed by atoms with Gasteiger partial charge in [0.25, 0.3) is 0 Å². The van der Waals surface area contributed by atoms with E-state index in [2.05, 4.69) is 97.4 Å². The second-order valence-electron chi connectivity index (χ2n) is 14.1. The third kappa shape index (κ3) is 9.93. The molecule has 263 valence electrons. The molecular formula is C42H52IrN3O2S-. The maximum atomic E-state index is 11.7. The quantitative estimate of drug-likeness (QED) is 0.0814. The van der Waals surface area contributed by atoms with E-state index < -0.39 is 0 Å². The molecule has 0 amide bonds. The minimum absolute atomic E-state index is 0. The van der Waals surface area contributed by atoms with Gasteiger partial charge in [0.05, 0.1) is 11.5 Å². The van der Waals surface area contributed by atoms with Gasteiger partial charge >= 0.3 is 0 Å². The number of aliphatic hydroxyl groups is 1. The minimum atomic E-state index is 0. The number of carbonyl (C=O) groups is 1. The molecule has 0 spiro atoms. The Labute approximate surface area is 311 Å². The maximum Gasteiger partial charge on any atom is 0.162 e. The van der Waals surface area contributed by atoms with Crippen LogP contribution in [0.25, 0.3) is 43.4 Å². The second kappa shape index (κ2) is 18.1. The molecule has 3 heterocycles. The minimum Gasteiger partial charge on any atom is -0.512 e. The Morgan fingerprint density at radius 2 is 1.57 bits per heavy atom. The second-order valence-corrected chi connectivity index (χ2v) is 15.0. The number of hydrogen-bond acceptors (Lipinski definition) is 6. The summed E-state index contributed by atoms with van der Waals surface area (Å²) in [6.45, 7) is 19.3. The third-order valence-electron chi connectivity index (χ3n) is 9.07. The number of hydrogen-bond donors (Lipinski definition) is 1. The zero-order chi connectivity index (χ0) is 35.0. The van der Waals surface area contributed by atoms with Gasteiger partial charge in [0, 0.05) is 71.8 Å². The molecular weight excluding hydrogens is 803 g/mol. The number of aliphatic hydroxyl groups excluding tert-OH is 1. The molecule has 0 unspecified atom stereocenters. The summed E-state index contributed by atoms with van der Waals surface area (Å²) in [4.78, 5) is 25.5. The summed E-state index contributed by atoms with van der Waals surface area (Å²) < 4.78 is 1.24. The largest absolute Gasteiger partial charge is 0.512 e. The number of rotatable bonds is 11. The average molecular weight is 855 g/mol. The van der Waals surface area contributed by atoms with E-state index in [1.807, 2.05) is 40.1 Å². The van der Waals surface area contributed by atoms with Crippen LogP contribution >= 0.6 is 11.3 Å². The molecule has 0 aliphatic rings. The normalized spacial score (nSPS) is 12.0. The van der Waals surface area contributed by atoms with Crippen LogP contribution in [0.2, 0.25) is 0 Å². The van der Waals surface area contributed by atoms with Gasteiger partial charge in [-0.15, -0.1) is 40.5 Å². The Kier molecular flexibility index (Phi) is 14.9. The summed E-state index contributed by atoms with van der Waals surface area (Å²) in [5.74, 6) is 1.16. The number of allylic oxidation sites excluding steroid dienone is 2. The van der Waals surface area contributed by atoms with Crippen molar-refractivity contribution in [2.45, 2.75) is 99.8 Å². The molecule has 5 rings (SSSR count). The number of fused-ring (bicyclic) bond motifs is 2. The van der Waals surface area contributed by atoms with E-state index in [4.69, 9.17) is 0 Å². The van der Waals surface area contributed by atoms with Gasteiger partial charge in [0.15, 0.2) is 5.78 Å². The number of ketones is 1. The van der Waals surface area contributed by atoms with Crippen LogP contribution in [0, 0.1) is 23.8 Å². The van der Waals surface area contributed by atoms with Crippen LogP contribution < -0.4 is 0 Å². The van der Waals surface area contributed by atoms with E-state index in [9.17, 15) is 9.90 Å². The third-order valence-corrected chi connectivity index (χ3v) is 10.2. The SMILES string of the molecule is CC(C)Cc1csc2c(-c3cc(-c4[c-]c5ccccc5c(C(C)(C)C)c4)ncn3)cncc12.CCC(CC)C(=O)/C=C(\O)C(CC)CC.[Ir]. The maximum absolute atomic E-state index is 11.7. The van der Waals surface area contributed by atoms with Gasteiger partial charge in [-0.1, -0.05) is 91.5 Å². The number of carbonyl (C=O) groups excluding carboxylic acids is 1. The van der Waals surface area contributed by atoms with Crippen molar-refractivity contribution in [1.29, 1.82) is 0 Å². The summed E-state index contributed by atoms with van der Waals surface area (Å²) in [6.07, 6.45) is 11.5. The number of benzene rings is 2. The van der Waals surface area contributed by atoms with Crippen molar-refractivity contribution in [3.63, 3.8) is 0 Å². The fourth-order valence-corrected chi connectivity index (χ4v) is 7.28. The molecule has 2 aromatic carbocycles. The number of thiophene rings is 1. The Hall–Kier alpha value is -3.25. The van der Waals surface area contributed by atoms with Gasteiger partial charge in [-0.2, -0.15) is 0 Å². The first kappa shape index (κ1) is 40.2. The topological polar surface area (TPSA) is 76.0 Å². The first-order valence-corrected chi connectivity index (χ1v) is 18.4. The van der Waals surface area contributed by atoms with Crippen molar-refractivity contribution in [3.8, 4) is 22.5 Å². The molecule has 1 N–H and O–H groups in total. The summed E-state index contributed by atoms with van der Waals surface area (Å²) >= 11 is 1.78. The predicted molar refractivity (Wildman–Crippen MR) is 204 cm³/mol. The fraction of sp³-hybridized carbons (Fsp3) is 0.429. The molecule has 5 aromatic rings. The van der Waals surface area contributed by atoms with Crippen molar-refractivity contribution in [1.82, 2.24) is 15.0 Å². The molecule has 3 aromatic heterocycles. The first-order chi connectivity index (χ1) is 22.9. The van der Waals surface area contributed by atoms with Crippen LogP contribution in [0.15, 0.2) is 72.3 Å². The first-order valence-electron chi connectivity index (χ1n) is 17.5. The van der Waals surface area contributed by atoms with Gasteiger partial charge in [-0.3, -0.25) is 14.8 Å². The molecule has 5 nitrogen and oxygen atoms in total. The van der Waals surface area contributed by atoms with E-state index in [-0.39, 0.29) is 48.9 Å². The molecule has 0 atom stereocenters. The van der Waals surface area contributed by atoms with E-state index >= 15 is 0 Å². The Bertz CT molecular complexity index is 1860. The summed E-state index contributed by atoms with van der Waals surface area (Å²) in [7, 11) is 0. The van der Waals surface area contributed by atoms with Crippen LogP contribution in [-0.2, 0) is 36.7 Å². The summed E-state index contributed by atoms with van der Waals surface area (Å²) in [5.41, 5.74) is 6.52.